The van der Waals surface area contributed by atoms with E-state index in [0.717, 1.165) is 27.4 Å². The van der Waals surface area contributed by atoms with Gasteiger partial charge in [-0.3, -0.25) is 0 Å². The summed E-state index contributed by atoms with van der Waals surface area (Å²) in [5.74, 6) is 0.479. The Morgan fingerprint density at radius 3 is 2.69 bits per heavy atom. The number of nitrogens with one attached hydrogen (secondary N) is 2. The molecule has 0 saturated heterocycles. The van der Waals surface area contributed by atoms with Crippen molar-refractivity contribution in [3.8, 4) is 5.88 Å². The molecular weight excluding hydrogens is 376 g/mol. The number of aryl methyl sites for hydroxylation is 1. The average molecular weight is 398 g/mol. The minimum absolute atomic E-state index is 0.193. The summed E-state index contributed by atoms with van der Waals surface area (Å²) in [4.78, 5) is 27.1. The SMILES string of the molecule is CCc1c(OC(=O)OC(C)C)ncc2[nH]c3ccc4nc(C(O)CO)[nH]c4c3c12. The van der Waals surface area contributed by atoms with E-state index in [-0.39, 0.29) is 17.8 Å². The highest BCUT2D eigenvalue weighted by Gasteiger charge is 2.21. The van der Waals surface area contributed by atoms with Crippen LogP contribution in [0.1, 0.15) is 38.3 Å². The van der Waals surface area contributed by atoms with Crippen LogP contribution >= 0.6 is 0 Å². The lowest BCUT2D eigenvalue weighted by Gasteiger charge is -2.11. The van der Waals surface area contributed by atoms with Crippen LogP contribution in [-0.4, -0.2) is 49.0 Å². The number of ether oxygens (including phenoxy) is 2. The summed E-state index contributed by atoms with van der Waals surface area (Å²) in [7, 11) is 0. The number of fused-ring (bicyclic) bond motifs is 5. The van der Waals surface area contributed by atoms with E-state index in [1.54, 1.807) is 20.0 Å². The quantitative estimate of drug-likeness (QED) is 0.380. The van der Waals surface area contributed by atoms with Crippen LogP contribution in [-0.2, 0) is 11.2 Å². The Bertz CT molecular complexity index is 1210. The molecule has 4 N–H and O–H groups in total. The molecular formula is C20H22N4O5. The maximum absolute atomic E-state index is 12.0. The molecule has 9 nitrogen and oxygen atoms in total. The summed E-state index contributed by atoms with van der Waals surface area (Å²) in [6, 6.07) is 3.72. The van der Waals surface area contributed by atoms with Crippen LogP contribution in [0.4, 0.5) is 4.79 Å². The maximum atomic E-state index is 12.0. The van der Waals surface area contributed by atoms with Gasteiger partial charge in [0.05, 0.1) is 35.5 Å². The molecule has 0 aliphatic carbocycles. The van der Waals surface area contributed by atoms with Gasteiger partial charge in [0.2, 0.25) is 5.88 Å². The predicted octanol–water partition coefficient (Wildman–Crippen LogP) is 3.10. The summed E-state index contributed by atoms with van der Waals surface area (Å²) >= 11 is 0. The van der Waals surface area contributed by atoms with Gasteiger partial charge in [-0.1, -0.05) is 6.92 Å². The molecule has 4 rings (SSSR count). The Morgan fingerprint density at radius 1 is 1.21 bits per heavy atom. The fraction of sp³-hybridized carbons (Fsp3) is 0.350. The van der Waals surface area contributed by atoms with E-state index in [1.807, 2.05) is 19.1 Å². The van der Waals surface area contributed by atoms with Crippen molar-refractivity contribution in [3.63, 3.8) is 0 Å². The molecule has 0 amide bonds. The molecule has 0 saturated carbocycles. The van der Waals surface area contributed by atoms with Crippen molar-refractivity contribution in [2.75, 3.05) is 6.61 Å². The topological polar surface area (TPSA) is 133 Å². The molecule has 9 heteroatoms. The van der Waals surface area contributed by atoms with Gasteiger partial charge in [0, 0.05) is 21.9 Å². The third-order valence-corrected chi connectivity index (χ3v) is 4.69. The van der Waals surface area contributed by atoms with Gasteiger partial charge in [0.15, 0.2) is 0 Å². The first-order chi connectivity index (χ1) is 13.9. The van der Waals surface area contributed by atoms with Gasteiger partial charge in [0.25, 0.3) is 0 Å². The molecule has 29 heavy (non-hydrogen) atoms. The summed E-state index contributed by atoms with van der Waals surface area (Å²) in [5.41, 5.74) is 3.75. The lowest BCUT2D eigenvalue weighted by atomic mass is 10.1. The summed E-state index contributed by atoms with van der Waals surface area (Å²) in [5, 5.41) is 20.9. The Kier molecular flexibility index (Phi) is 4.85. The van der Waals surface area contributed by atoms with Crippen LogP contribution < -0.4 is 4.74 Å². The molecule has 0 aliphatic rings. The van der Waals surface area contributed by atoms with Crippen molar-refractivity contribution in [2.24, 2.45) is 0 Å². The zero-order chi connectivity index (χ0) is 20.7. The summed E-state index contributed by atoms with van der Waals surface area (Å²) in [6.45, 7) is 5.00. The van der Waals surface area contributed by atoms with Crippen LogP contribution in [0.15, 0.2) is 18.3 Å². The van der Waals surface area contributed by atoms with Gasteiger partial charge in [0.1, 0.15) is 11.9 Å². The number of aromatic amines is 2. The number of imidazole rings is 1. The number of benzene rings is 1. The second-order valence-electron chi connectivity index (χ2n) is 7.03. The van der Waals surface area contributed by atoms with Gasteiger partial charge >= 0.3 is 6.16 Å². The number of nitrogens with zero attached hydrogens (tertiary/aromatic N) is 2. The largest absolute Gasteiger partial charge is 0.515 e. The predicted molar refractivity (Wildman–Crippen MR) is 107 cm³/mol. The van der Waals surface area contributed by atoms with E-state index in [2.05, 4.69) is 19.9 Å². The minimum atomic E-state index is -1.10. The Balaban J connectivity index is 1.95. The smallest absolute Gasteiger partial charge is 0.431 e. The third-order valence-electron chi connectivity index (χ3n) is 4.69. The lowest BCUT2D eigenvalue weighted by Crippen LogP contribution is -2.17. The highest BCUT2D eigenvalue weighted by molar-refractivity contribution is 6.19. The zero-order valence-electron chi connectivity index (χ0n) is 16.3. The number of hydrogen-bond donors (Lipinski definition) is 4. The van der Waals surface area contributed by atoms with Gasteiger partial charge in [-0.15, -0.1) is 0 Å². The molecule has 0 bridgehead atoms. The van der Waals surface area contributed by atoms with Gasteiger partial charge in [-0.05, 0) is 32.4 Å². The molecule has 0 aliphatic heterocycles. The van der Waals surface area contributed by atoms with Crippen LogP contribution in [0.2, 0.25) is 0 Å². The number of hydrogen-bond acceptors (Lipinski definition) is 7. The Hall–Kier alpha value is -3.17. The Morgan fingerprint density at radius 2 is 2.00 bits per heavy atom. The van der Waals surface area contributed by atoms with Crippen LogP contribution in [0.5, 0.6) is 5.88 Å². The summed E-state index contributed by atoms with van der Waals surface area (Å²) < 4.78 is 10.4. The summed E-state index contributed by atoms with van der Waals surface area (Å²) in [6.07, 6.45) is -0.0253. The number of aromatic nitrogens is 4. The van der Waals surface area contributed by atoms with Crippen LogP contribution in [0, 0.1) is 0 Å². The van der Waals surface area contributed by atoms with Crippen molar-refractivity contribution < 1.29 is 24.5 Å². The molecule has 4 aromatic rings. The van der Waals surface area contributed by atoms with Crippen molar-refractivity contribution in [2.45, 2.75) is 39.4 Å². The average Bonchev–Trinajstić information content (AvgIpc) is 3.27. The highest BCUT2D eigenvalue weighted by atomic mass is 16.7. The van der Waals surface area contributed by atoms with Crippen molar-refractivity contribution in [1.82, 2.24) is 19.9 Å². The van der Waals surface area contributed by atoms with Crippen molar-refractivity contribution >= 4 is 39.0 Å². The van der Waals surface area contributed by atoms with Crippen molar-refractivity contribution in [3.05, 3.63) is 29.7 Å². The number of rotatable bonds is 5. The number of pyridine rings is 1. The minimum Gasteiger partial charge on any atom is -0.431 e. The maximum Gasteiger partial charge on any atom is 0.515 e. The number of aliphatic hydroxyl groups excluding tert-OH is 2. The molecule has 1 atom stereocenters. The third kappa shape index (κ3) is 3.28. The van der Waals surface area contributed by atoms with E-state index in [1.165, 1.54) is 0 Å². The normalized spacial score (nSPS) is 12.9. The van der Waals surface area contributed by atoms with Crippen LogP contribution in [0.3, 0.4) is 0 Å². The molecule has 0 spiro atoms. The highest BCUT2D eigenvalue weighted by Crippen LogP contribution is 2.36. The van der Waals surface area contributed by atoms with E-state index < -0.39 is 18.9 Å². The van der Waals surface area contributed by atoms with Gasteiger partial charge in [-0.25, -0.2) is 14.8 Å². The molecule has 3 heterocycles. The number of aliphatic hydroxyl groups is 2. The first kappa shape index (κ1) is 19.2. The fourth-order valence-electron chi connectivity index (χ4n) is 3.48. The number of H-pyrrole nitrogens is 2. The van der Waals surface area contributed by atoms with Crippen LogP contribution in [0.25, 0.3) is 32.8 Å². The second-order valence-corrected chi connectivity index (χ2v) is 7.03. The molecule has 3 aromatic heterocycles. The van der Waals surface area contributed by atoms with E-state index in [9.17, 15) is 15.0 Å². The lowest BCUT2D eigenvalue weighted by molar-refractivity contribution is 0.0713. The standard InChI is InChI=1S/C20H22N4O5/c1-4-10-15-13(7-21-19(10)29-20(27)28-9(2)3)22-11-5-6-12-17(16(11)15)24-18(23-12)14(26)8-25/h5-7,9,14,22,25-26H,4,8H2,1-3H3,(H,23,24). The Labute approximate surface area is 165 Å². The van der Waals surface area contributed by atoms with Gasteiger partial charge < -0.3 is 29.7 Å². The number of carbonyl (C=O) groups excluding carboxylic acids is 1. The molecule has 1 aromatic carbocycles. The molecule has 1 unspecified atom stereocenters. The van der Waals surface area contributed by atoms with E-state index >= 15 is 0 Å². The first-order valence-electron chi connectivity index (χ1n) is 9.42. The fourth-order valence-corrected chi connectivity index (χ4v) is 3.48. The molecule has 0 radical (unpaired) electrons. The van der Waals surface area contributed by atoms with Crippen molar-refractivity contribution in [1.29, 1.82) is 0 Å². The first-order valence-corrected chi connectivity index (χ1v) is 9.42. The molecule has 0 fully saturated rings. The second kappa shape index (κ2) is 7.34. The number of carbonyl (C=O) groups is 1. The molecule has 152 valence electrons. The van der Waals surface area contributed by atoms with Gasteiger partial charge in [-0.2, -0.15) is 0 Å². The zero-order valence-corrected chi connectivity index (χ0v) is 16.3. The monoisotopic (exact) mass is 398 g/mol. The van der Waals surface area contributed by atoms with E-state index in [0.29, 0.717) is 17.5 Å². The van der Waals surface area contributed by atoms with E-state index in [4.69, 9.17) is 9.47 Å².